The van der Waals surface area contributed by atoms with Crippen molar-refractivity contribution in [3.63, 3.8) is 0 Å². The van der Waals surface area contributed by atoms with Crippen molar-refractivity contribution in [2.45, 2.75) is 6.61 Å². The number of ether oxygens (including phenoxy) is 1. The summed E-state index contributed by atoms with van der Waals surface area (Å²) in [5, 5.41) is 7.73. The minimum absolute atomic E-state index is 0.168. The van der Waals surface area contributed by atoms with Crippen molar-refractivity contribution in [2.75, 3.05) is 5.73 Å². The highest BCUT2D eigenvalue weighted by Gasteiger charge is 2.02. The molecule has 0 aliphatic heterocycles. The molecule has 0 bridgehead atoms. The Hall–Kier alpha value is -2.95. The highest BCUT2D eigenvalue weighted by molar-refractivity contribution is 5.58. The number of nitrogen functional groups attached to an aromatic ring is 1. The van der Waals surface area contributed by atoms with Crippen molar-refractivity contribution in [3.8, 4) is 17.0 Å². The van der Waals surface area contributed by atoms with Gasteiger partial charge >= 0.3 is 0 Å². The first kappa shape index (κ1) is 13.1. The zero-order valence-electron chi connectivity index (χ0n) is 11.3. The summed E-state index contributed by atoms with van der Waals surface area (Å²) < 4.78 is 5.73. The van der Waals surface area contributed by atoms with Crippen LogP contribution in [0.4, 0.5) is 5.95 Å². The van der Waals surface area contributed by atoms with Gasteiger partial charge in [0.2, 0.25) is 5.95 Å². The van der Waals surface area contributed by atoms with Gasteiger partial charge in [-0.05, 0) is 29.8 Å². The normalized spacial score (nSPS) is 10.3. The van der Waals surface area contributed by atoms with Crippen LogP contribution in [0.5, 0.6) is 5.75 Å². The maximum Gasteiger partial charge on any atom is 0.240 e. The van der Waals surface area contributed by atoms with Crippen molar-refractivity contribution in [1.82, 2.24) is 15.2 Å². The fraction of sp³-hybridized carbons (Fsp3) is 0.0625. The molecule has 0 radical (unpaired) electrons. The first-order valence-electron chi connectivity index (χ1n) is 6.53. The summed E-state index contributed by atoms with van der Waals surface area (Å²) in [5.74, 6) is 0.973. The van der Waals surface area contributed by atoms with Gasteiger partial charge in [0.1, 0.15) is 18.1 Å². The van der Waals surface area contributed by atoms with E-state index in [4.69, 9.17) is 10.5 Å². The topological polar surface area (TPSA) is 73.9 Å². The Morgan fingerprint density at radius 3 is 2.33 bits per heavy atom. The number of nitrogens with two attached hydrogens (primary N) is 1. The Labute approximate surface area is 122 Å². The Bertz CT molecular complexity index is 697. The third kappa shape index (κ3) is 3.33. The van der Waals surface area contributed by atoms with Gasteiger partial charge in [-0.15, -0.1) is 10.2 Å². The number of benzene rings is 2. The molecular weight excluding hydrogens is 264 g/mol. The second-order valence-corrected chi connectivity index (χ2v) is 4.50. The molecule has 3 aromatic rings. The molecule has 1 aromatic heterocycles. The molecule has 0 unspecified atom stereocenters. The highest BCUT2D eigenvalue weighted by Crippen LogP contribution is 2.20. The molecule has 5 nitrogen and oxygen atoms in total. The van der Waals surface area contributed by atoms with Crippen LogP contribution in [0.25, 0.3) is 11.3 Å². The van der Waals surface area contributed by atoms with Gasteiger partial charge in [0, 0.05) is 5.56 Å². The summed E-state index contributed by atoms with van der Waals surface area (Å²) in [4.78, 5) is 3.93. The predicted octanol–water partition coefficient (Wildman–Crippen LogP) is 2.70. The summed E-state index contributed by atoms with van der Waals surface area (Å²) in [6.45, 7) is 0.545. The molecule has 0 saturated heterocycles. The molecule has 0 amide bonds. The second kappa shape index (κ2) is 6.00. The van der Waals surface area contributed by atoms with E-state index in [2.05, 4.69) is 15.2 Å². The third-order valence-corrected chi connectivity index (χ3v) is 2.98. The molecule has 5 heteroatoms. The number of hydrogen-bond acceptors (Lipinski definition) is 5. The van der Waals surface area contributed by atoms with E-state index < -0.39 is 0 Å². The monoisotopic (exact) mass is 278 g/mol. The molecule has 0 aliphatic carbocycles. The molecule has 0 atom stereocenters. The van der Waals surface area contributed by atoms with Gasteiger partial charge < -0.3 is 10.5 Å². The average molecular weight is 278 g/mol. The molecule has 2 N–H and O–H groups in total. The van der Waals surface area contributed by atoms with E-state index in [1.807, 2.05) is 54.6 Å². The summed E-state index contributed by atoms with van der Waals surface area (Å²) >= 11 is 0. The molecule has 0 fully saturated rings. The molecule has 21 heavy (non-hydrogen) atoms. The largest absolute Gasteiger partial charge is 0.489 e. The zero-order valence-corrected chi connectivity index (χ0v) is 11.3. The van der Waals surface area contributed by atoms with Gasteiger partial charge in [0.25, 0.3) is 0 Å². The van der Waals surface area contributed by atoms with Crippen LogP contribution in [0.1, 0.15) is 5.56 Å². The van der Waals surface area contributed by atoms with Gasteiger partial charge in [-0.25, -0.2) is 4.98 Å². The van der Waals surface area contributed by atoms with Crippen molar-refractivity contribution in [3.05, 3.63) is 66.4 Å². The van der Waals surface area contributed by atoms with Crippen LogP contribution >= 0.6 is 0 Å². The zero-order chi connectivity index (χ0) is 14.5. The van der Waals surface area contributed by atoms with Crippen LogP contribution < -0.4 is 10.5 Å². The van der Waals surface area contributed by atoms with E-state index >= 15 is 0 Å². The van der Waals surface area contributed by atoms with Crippen molar-refractivity contribution in [2.24, 2.45) is 0 Å². The van der Waals surface area contributed by atoms with Gasteiger partial charge in [-0.1, -0.05) is 30.3 Å². The van der Waals surface area contributed by atoms with E-state index in [0.717, 1.165) is 16.9 Å². The molecule has 0 spiro atoms. The van der Waals surface area contributed by atoms with Crippen LogP contribution in [0.3, 0.4) is 0 Å². The van der Waals surface area contributed by atoms with E-state index in [0.29, 0.717) is 12.3 Å². The van der Waals surface area contributed by atoms with Crippen LogP contribution in [0.15, 0.2) is 60.8 Å². The minimum atomic E-state index is 0.168. The fourth-order valence-corrected chi connectivity index (χ4v) is 1.88. The van der Waals surface area contributed by atoms with Gasteiger partial charge in [-0.3, -0.25) is 0 Å². The lowest BCUT2D eigenvalue weighted by Gasteiger charge is -2.07. The lowest BCUT2D eigenvalue weighted by Crippen LogP contribution is -1.98. The fourth-order valence-electron chi connectivity index (χ4n) is 1.88. The minimum Gasteiger partial charge on any atom is -0.489 e. The van der Waals surface area contributed by atoms with Crippen molar-refractivity contribution in [1.29, 1.82) is 0 Å². The van der Waals surface area contributed by atoms with E-state index in [9.17, 15) is 0 Å². The molecule has 3 rings (SSSR count). The number of anilines is 1. The molecular formula is C16H14N4O. The maximum atomic E-state index is 5.73. The molecule has 2 aromatic carbocycles. The summed E-state index contributed by atoms with van der Waals surface area (Å²) in [7, 11) is 0. The summed E-state index contributed by atoms with van der Waals surface area (Å²) in [6, 6.07) is 17.7. The van der Waals surface area contributed by atoms with Crippen molar-refractivity contribution < 1.29 is 4.74 Å². The second-order valence-electron chi connectivity index (χ2n) is 4.50. The molecule has 0 saturated carbocycles. The Kier molecular flexibility index (Phi) is 3.73. The van der Waals surface area contributed by atoms with Crippen molar-refractivity contribution >= 4 is 5.95 Å². The first-order chi connectivity index (χ1) is 10.3. The maximum absolute atomic E-state index is 5.73. The van der Waals surface area contributed by atoms with E-state index in [1.165, 1.54) is 0 Å². The Morgan fingerprint density at radius 2 is 1.67 bits per heavy atom. The Balaban J connectivity index is 1.68. The lowest BCUT2D eigenvalue weighted by atomic mass is 10.1. The quantitative estimate of drug-likeness (QED) is 0.794. The molecule has 0 aliphatic rings. The standard InChI is InChI=1S/C16H14N4O/c17-16-18-10-15(19-20-16)13-6-8-14(9-7-13)21-11-12-4-2-1-3-5-12/h1-10H,11H2,(H2,17,18,20). The molecule has 104 valence electrons. The molecule has 1 heterocycles. The van der Waals surface area contributed by atoms with Gasteiger partial charge in [0.05, 0.1) is 6.20 Å². The summed E-state index contributed by atoms with van der Waals surface area (Å²) in [5.41, 5.74) is 8.15. The number of rotatable bonds is 4. The SMILES string of the molecule is Nc1ncc(-c2ccc(OCc3ccccc3)cc2)nn1. The number of aromatic nitrogens is 3. The number of hydrogen-bond donors (Lipinski definition) is 1. The summed E-state index contributed by atoms with van der Waals surface area (Å²) in [6.07, 6.45) is 1.60. The third-order valence-electron chi connectivity index (χ3n) is 2.98. The average Bonchev–Trinajstić information content (AvgIpc) is 2.55. The number of nitrogens with zero attached hydrogens (tertiary/aromatic N) is 3. The predicted molar refractivity (Wildman–Crippen MR) is 80.4 cm³/mol. The Morgan fingerprint density at radius 1 is 0.905 bits per heavy atom. The van der Waals surface area contributed by atoms with E-state index in [1.54, 1.807) is 6.20 Å². The first-order valence-corrected chi connectivity index (χ1v) is 6.53. The van der Waals surface area contributed by atoms with Crippen LogP contribution in [-0.4, -0.2) is 15.2 Å². The van der Waals surface area contributed by atoms with Gasteiger partial charge in [-0.2, -0.15) is 0 Å². The smallest absolute Gasteiger partial charge is 0.240 e. The highest BCUT2D eigenvalue weighted by atomic mass is 16.5. The van der Waals surface area contributed by atoms with Crippen LogP contribution in [0, 0.1) is 0 Å². The van der Waals surface area contributed by atoms with E-state index in [-0.39, 0.29) is 5.95 Å². The van der Waals surface area contributed by atoms with Crippen LogP contribution in [-0.2, 0) is 6.61 Å². The van der Waals surface area contributed by atoms with Crippen LogP contribution in [0.2, 0.25) is 0 Å². The van der Waals surface area contributed by atoms with Gasteiger partial charge in [0.15, 0.2) is 0 Å². The lowest BCUT2D eigenvalue weighted by molar-refractivity contribution is 0.306.